The molecular formula is C21H29BrN4O2. The number of likely N-dealkylation sites (tertiary alicyclic amines) is 1. The number of rotatable bonds is 2. The second-order valence-electron chi connectivity index (χ2n) is 8.57. The summed E-state index contributed by atoms with van der Waals surface area (Å²) >= 11 is 3.42. The molecule has 1 unspecified atom stereocenters. The van der Waals surface area contributed by atoms with Gasteiger partial charge in [0.2, 0.25) is 5.91 Å². The zero-order chi connectivity index (χ0) is 19.7. The molecule has 1 N–H and O–H groups in total. The molecule has 7 heteroatoms. The zero-order valence-corrected chi connectivity index (χ0v) is 18.1. The maximum absolute atomic E-state index is 13.4. The molecule has 0 bridgehead atoms. The van der Waals surface area contributed by atoms with Crippen LogP contribution >= 0.6 is 15.9 Å². The first kappa shape index (κ1) is 19.7. The molecule has 1 atom stereocenters. The molecule has 1 aromatic rings. The number of likely N-dealkylation sites (N-methyl/N-ethyl adjacent to an activating group) is 1. The molecule has 4 rings (SSSR count). The van der Waals surface area contributed by atoms with Gasteiger partial charge in [0, 0.05) is 54.8 Å². The molecule has 3 amide bonds. The van der Waals surface area contributed by atoms with Crippen molar-refractivity contribution in [1.82, 2.24) is 14.7 Å². The minimum Gasteiger partial charge on any atom is -0.340 e. The van der Waals surface area contributed by atoms with E-state index in [-0.39, 0.29) is 23.3 Å². The summed E-state index contributed by atoms with van der Waals surface area (Å²) in [6.45, 7) is 4.69. The minimum absolute atomic E-state index is 0.0303. The molecule has 0 aromatic heterocycles. The van der Waals surface area contributed by atoms with E-state index in [4.69, 9.17) is 0 Å². The SMILES string of the molecule is CN1CCN(C(=O)C2CN(C(=O)Nc3ccc(Br)cc3)CC23CCCC3)CC1. The molecular weight excluding hydrogens is 420 g/mol. The van der Waals surface area contributed by atoms with Gasteiger partial charge in [0.05, 0.1) is 5.92 Å². The lowest BCUT2D eigenvalue weighted by Gasteiger charge is -2.37. The number of hydrogen-bond donors (Lipinski definition) is 1. The van der Waals surface area contributed by atoms with Crippen LogP contribution < -0.4 is 5.32 Å². The third-order valence-electron chi connectivity index (χ3n) is 6.74. The predicted octanol–water partition coefficient (Wildman–Crippen LogP) is 3.25. The summed E-state index contributed by atoms with van der Waals surface area (Å²) in [7, 11) is 2.10. The summed E-state index contributed by atoms with van der Waals surface area (Å²) in [6.07, 6.45) is 4.43. The summed E-state index contributed by atoms with van der Waals surface area (Å²) in [5.74, 6) is 0.197. The van der Waals surface area contributed by atoms with E-state index >= 15 is 0 Å². The molecule has 2 heterocycles. The van der Waals surface area contributed by atoms with E-state index in [1.807, 2.05) is 34.1 Å². The van der Waals surface area contributed by atoms with Crippen molar-refractivity contribution >= 4 is 33.6 Å². The van der Waals surface area contributed by atoms with Gasteiger partial charge in [0.15, 0.2) is 0 Å². The summed E-state index contributed by atoms with van der Waals surface area (Å²) in [4.78, 5) is 32.4. The Morgan fingerprint density at radius 1 is 1.04 bits per heavy atom. The van der Waals surface area contributed by atoms with Gasteiger partial charge in [0.25, 0.3) is 0 Å². The van der Waals surface area contributed by atoms with Crippen LogP contribution in [-0.2, 0) is 4.79 Å². The van der Waals surface area contributed by atoms with E-state index in [1.165, 1.54) is 0 Å². The number of amides is 3. The molecule has 3 aliphatic rings. The second-order valence-corrected chi connectivity index (χ2v) is 9.48. The van der Waals surface area contributed by atoms with Crippen LogP contribution in [0.1, 0.15) is 25.7 Å². The van der Waals surface area contributed by atoms with Gasteiger partial charge in [-0.05, 0) is 44.2 Å². The highest BCUT2D eigenvalue weighted by Gasteiger charge is 2.53. The Hall–Kier alpha value is -1.60. The average molecular weight is 449 g/mol. The molecule has 2 saturated heterocycles. The average Bonchev–Trinajstić information content (AvgIpc) is 3.31. The van der Waals surface area contributed by atoms with Crippen molar-refractivity contribution in [3.8, 4) is 0 Å². The van der Waals surface area contributed by atoms with Gasteiger partial charge in [-0.15, -0.1) is 0 Å². The van der Waals surface area contributed by atoms with E-state index in [0.29, 0.717) is 13.1 Å². The van der Waals surface area contributed by atoms with E-state index < -0.39 is 0 Å². The van der Waals surface area contributed by atoms with Crippen LogP contribution in [0.3, 0.4) is 0 Å². The Morgan fingerprint density at radius 3 is 2.32 bits per heavy atom. The van der Waals surface area contributed by atoms with Crippen molar-refractivity contribution in [2.45, 2.75) is 25.7 Å². The summed E-state index contributed by atoms with van der Waals surface area (Å²) in [6, 6.07) is 7.50. The number of halogens is 1. The predicted molar refractivity (Wildman–Crippen MR) is 113 cm³/mol. The molecule has 1 saturated carbocycles. The van der Waals surface area contributed by atoms with Gasteiger partial charge in [-0.2, -0.15) is 0 Å². The Balaban J connectivity index is 1.46. The van der Waals surface area contributed by atoms with E-state index in [9.17, 15) is 9.59 Å². The molecule has 1 aromatic carbocycles. The monoisotopic (exact) mass is 448 g/mol. The van der Waals surface area contributed by atoms with Crippen LogP contribution in [0.5, 0.6) is 0 Å². The molecule has 28 heavy (non-hydrogen) atoms. The number of benzene rings is 1. The fourth-order valence-corrected chi connectivity index (χ4v) is 5.30. The molecule has 152 valence electrons. The van der Waals surface area contributed by atoms with Crippen molar-refractivity contribution < 1.29 is 9.59 Å². The van der Waals surface area contributed by atoms with Gasteiger partial charge in [-0.25, -0.2) is 4.79 Å². The fraction of sp³-hybridized carbons (Fsp3) is 0.619. The maximum atomic E-state index is 13.4. The van der Waals surface area contributed by atoms with E-state index in [2.05, 4.69) is 33.2 Å². The Labute approximate surface area is 175 Å². The second kappa shape index (κ2) is 8.03. The van der Waals surface area contributed by atoms with Crippen LogP contribution in [0.25, 0.3) is 0 Å². The van der Waals surface area contributed by atoms with Crippen molar-refractivity contribution in [3.63, 3.8) is 0 Å². The molecule has 2 aliphatic heterocycles. The van der Waals surface area contributed by atoms with Crippen LogP contribution in [0.15, 0.2) is 28.7 Å². The molecule has 1 aliphatic carbocycles. The van der Waals surface area contributed by atoms with Gasteiger partial charge >= 0.3 is 6.03 Å². The maximum Gasteiger partial charge on any atom is 0.321 e. The van der Waals surface area contributed by atoms with E-state index in [0.717, 1.165) is 62.0 Å². The van der Waals surface area contributed by atoms with Crippen molar-refractivity contribution in [3.05, 3.63) is 28.7 Å². The number of carbonyl (C=O) groups is 2. The third-order valence-corrected chi connectivity index (χ3v) is 7.27. The number of nitrogens with one attached hydrogen (secondary N) is 1. The Bertz CT molecular complexity index is 724. The zero-order valence-electron chi connectivity index (χ0n) is 16.5. The number of piperazine rings is 1. The first-order valence-electron chi connectivity index (χ1n) is 10.3. The normalized spacial score (nSPS) is 24.7. The standard InChI is InChI=1S/C21H29BrN4O2/c1-24-10-12-25(13-11-24)19(27)18-14-26(15-21(18)8-2-3-9-21)20(28)23-17-6-4-16(22)5-7-17/h4-7,18H,2-3,8-15H2,1H3,(H,23,28). The quantitative estimate of drug-likeness (QED) is 0.755. The van der Waals surface area contributed by atoms with Gasteiger partial charge in [-0.3, -0.25) is 4.79 Å². The topological polar surface area (TPSA) is 55.9 Å². The van der Waals surface area contributed by atoms with Crippen molar-refractivity contribution in [1.29, 1.82) is 0 Å². The van der Waals surface area contributed by atoms with Crippen LogP contribution in [-0.4, -0.2) is 73.0 Å². The Morgan fingerprint density at radius 2 is 1.68 bits per heavy atom. The first-order chi connectivity index (χ1) is 13.5. The van der Waals surface area contributed by atoms with Crippen LogP contribution in [0.2, 0.25) is 0 Å². The number of hydrogen-bond acceptors (Lipinski definition) is 3. The molecule has 0 radical (unpaired) electrons. The lowest BCUT2D eigenvalue weighted by atomic mass is 9.76. The van der Waals surface area contributed by atoms with Gasteiger partial charge in [0.1, 0.15) is 0 Å². The number of nitrogens with zero attached hydrogens (tertiary/aromatic N) is 3. The minimum atomic E-state index is -0.0951. The van der Waals surface area contributed by atoms with Gasteiger partial charge in [-0.1, -0.05) is 28.8 Å². The number of urea groups is 1. The highest BCUT2D eigenvalue weighted by molar-refractivity contribution is 9.10. The fourth-order valence-electron chi connectivity index (χ4n) is 5.03. The third kappa shape index (κ3) is 3.92. The highest BCUT2D eigenvalue weighted by atomic mass is 79.9. The van der Waals surface area contributed by atoms with Gasteiger partial charge < -0.3 is 20.0 Å². The van der Waals surface area contributed by atoms with Crippen molar-refractivity contribution in [2.75, 3.05) is 51.6 Å². The lowest BCUT2D eigenvalue weighted by Crippen LogP contribution is -2.51. The molecule has 3 fully saturated rings. The molecule has 1 spiro atoms. The van der Waals surface area contributed by atoms with E-state index in [1.54, 1.807) is 0 Å². The summed E-state index contributed by atoms with van der Waals surface area (Å²) in [5.41, 5.74) is 0.750. The summed E-state index contributed by atoms with van der Waals surface area (Å²) in [5, 5.41) is 3.00. The lowest BCUT2D eigenvalue weighted by molar-refractivity contribution is -0.139. The smallest absolute Gasteiger partial charge is 0.321 e. The summed E-state index contributed by atoms with van der Waals surface area (Å²) < 4.78 is 0.981. The van der Waals surface area contributed by atoms with Crippen LogP contribution in [0, 0.1) is 11.3 Å². The number of carbonyl (C=O) groups excluding carboxylic acids is 2. The van der Waals surface area contributed by atoms with Crippen molar-refractivity contribution in [2.24, 2.45) is 11.3 Å². The molecule has 6 nitrogen and oxygen atoms in total. The Kier molecular flexibility index (Phi) is 5.65. The largest absolute Gasteiger partial charge is 0.340 e. The highest BCUT2D eigenvalue weighted by Crippen LogP contribution is 2.49. The first-order valence-corrected chi connectivity index (χ1v) is 11.0. The number of anilines is 1. The van der Waals surface area contributed by atoms with Crippen LogP contribution in [0.4, 0.5) is 10.5 Å².